The quantitative estimate of drug-likeness (QED) is 0.382. The molecule has 1 amide bonds. The van der Waals surface area contributed by atoms with Crippen molar-refractivity contribution in [1.82, 2.24) is 15.6 Å². The van der Waals surface area contributed by atoms with Crippen molar-refractivity contribution in [2.45, 2.75) is 0 Å². The van der Waals surface area contributed by atoms with Gasteiger partial charge in [-0.1, -0.05) is 0 Å². The zero-order chi connectivity index (χ0) is 20.1. The molecule has 144 valence electrons. The van der Waals surface area contributed by atoms with Gasteiger partial charge in [-0.25, -0.2) is 5.43 Å². The molecule has 3 rings (SSSR count). The summed E-state index contributed by atoms with van der Waals surface area (Å²) in [5.41, 5.74) is 4.02. The van der Waals surface area contributed by atoms with Crippen LogP contribution in [0.4, 0.5) is 0 Å². The molecule has 0 atom stereocenters. The predicted molar refractivity (Wildman–Crippen MR) is 102 cm³/mol. The number of benzene rings is 2. The van der Waals surface area contributed by atoms with Gasteiger partial charge in [-0.15, -0.1) is 0 Å². The molecule has 0 aliphatic heterocycles. The van der Waals surface area contributed by atoms with Crippen molar-refractivity contribution in [3.05, 3.63) is 53.7 Å². The first-order valence-electron chi connectivity index (χ1n) is 8.15. The highest BCUT2D eigenvalue weighted by Gasteiger charge is 2.14. The second kappa shape index (κ2) is 8.12. The van der Waals surface area contributed by atoms with E-state index in [2.05, 4.69) is 20.7 Å². The summed E-state index contributed by atoms with van der Waals surface area (Å²) in [4.78, 5) is 12.2. The number of aromatic nitrogens is 2. The van der Waals surface area contributed by atoms with Gasteiger partial charge in [0, 0.05) is 17.2 Å². The number of phenols is 2. The molecule has 0 saturated carbocycles. The third-order valence-electron chi connectivity index (χ3n) is 3.89. The fraction of sp³-hybridized carbons (Fsp3) is 0.105. The number of hydrogen-bond donors (Lipinski definition) is 4. The number of H-pyrrole nitrogens is 1. The van der Waals surface area contributed by atoms with Gasteiger partial charge in [0.2, 0.25) is 0 Å². The molecule has 0 fully saturated rings. The normalized spacial score (nSPS) is 10.8. The first-order valence-corrected chi connectivity index (χ1v) is 8.15. The first kappa shape index (κ1) is 18.8. The van der Waals surface area contributed by atoms with Crippen molar-refractivity contribution < 1.29 is 24.5 Å². The van der Waals surface area contributed by atoms with Crippen LogP contribution in [0.5, 0.6) is 23.0 Å². The Morgan fingerprint density at radius 1 is 1.14 bits per heavy atom. The Labute approximate surface area is 160 Å². The zero-order valence-electron chi connectivity index (χ0n) is 15.1. The van der Waals surface area contributed by atoms with Crippen LogP contribution in [0.15, 0.2) is 47.6 Å². The smallest absolute Gasteiger partial charge is 0.289 e. The molecular formula is C19H18N4O5. The van der Waals surface area contributed by atoms with E-state index < -0.39 is 5.91 Å². The van der Waals surface area contributed by atoms with Gasteiger partial charge in [0.15, 0.2) is 0 Å². The van der Waals surface area contributed by atoms with Gasteiger partial charge in [0.25, 0.3) is 5.91 Å². The van der Waals surface area contributed by atoms with E-state index in [0.717, 1.165) is 0 Å². The van der Waals surface area contributed by atoms with E-state index in [1.165, 1.54) is 24.4 Å². The van der Waals surface area contributed by atoms with E-state index in [9.17, 15) is 15.0 Å². The van der Waals surface area contributed by atoms with Gasteiger partial charge in [0.1, 0.15) is 28.7 Å². The number of phenolic OH excluding ortho intramolecular Hbond substituents is 2. The molecule has 0 bridgehead atoms. The van der Waals surface area contributed by atoms with Crippen molar-refractivity contribution in [2.24, 2.45) is 5.10 Å². The van der Waals surface area contributed by atoms with Crippen LogP contribution in [0.25, 0.3) is 11.3 Å². The molecule has 0 unspecified atom stereocenters. The summed E-state index contributed by atoms with van der Waals surface area (Å²) < 4.78 is 10.5. The van der Waals surface area contributed by atoms with Crippen LogP contribution in [0.2, 0.25) is 0 Å². The number of methoxy groups -OCH3 is 2. The molecule has 0 aliphatic carbocycles. The lowest BCUT2D eigenvalue weighted by atomic mass is 10.1. The number of aromatic hydroxyl groups is 2. The molecule has 2 aromatic carbocycles. The second-order valence-corrected chi connectivity index (χ2v) is 5.68. The van der Waals surface area contributed by atoms with Crippen molar-refractivity contribution >= 4 is 12.1 Å². The highest BCUT2D eigenvalue weighted by molar-refractivity contribution is 5.94. The van der Waals surface area contributed by atoms with Crippen LogP contribution in [-0.4, -0.2) is 46.8 Å². The average molecular weight is 382 g/mol. The minimum absolute atomic E-state index is 0.0726. The van der Waals surface area contributed by atoms with E-state index in [0.29, 0.717) is 28.3 Å². The largest absolute Gasteiger partial charge is 0.508 e. The number of ether oxygens (including phenoxy) is 2. The first-order chi connectivity index (χ1) is 13.5. The Morgan fingerprint density at radius 2 is 1.96 bits per heavy atom. The fourth-order valence-corrected chi connectivity index (χ4v) is 2.45. The molecule has 9 heteroatoms. The van der Waals surface area contributed by atoms with Crippen LogP contribution >= 0.6 is 0 Å². The molecule has 3 aromatic rings. The number of carbonyl (C=O) groups is 1. The average Bonchev–Trinajstić information content (AvgIpc) is 3.19. The molecule has 4 N–H and O–H groups in total. The summed E-state index contributed by atoms with van der Waals surface area (Å²) in [5, 5.41) is 29.5. The van der Waals surface area contributed by atoms with Crippen LogP contribution in [0.1, 0.15) is 16.1 Å². The summed E-state index contributed by atoms with van der Waals surface area (Å²) in [7, 11) is 3.10. The predicted octanol–water partition coefficient (Wildman–Crippen LogP) is 2.27. The summed E-state index contributed by atoms with van der Waals surface area (Å²) in [6.45, 7) is 0. The molecule has 0 radical (unpaired) electrons. The Morgan fingerprint density at radius 3 is 2.68 bits per heavy atom. The van der Waals surface area contributed by atoms with Crippen molar-refractivity contribution in [1.29, 1.82) is 0 Å². The Kier molecular flexibility index (Phi) is 5.45. The van der Waals surface area contributed by atoms with E-state index in [1.54, 1.807) is 38.5 Å². The number of hydrogen-bond acceptors (Lipinski definition) is 7. The van der Waals surface area contributed by atoms with Gasteiger partial charge >= 0.3 is 0 Å². The highest BCUT2D eigenvalue weighted by atomic mass is 16.5. The van der Waals surface area contributed by atoms with Crippen LogP contribution in [-0.2, 0) is 0 Å². The number of hydrazone groups is 1. The summed E-state index contributed by atoms with van der Waals surface area (Å²) in [6, 6.07) is 10.8. The Balaban J connectivity index is 1.75. The molecule has 28 heavy (non-hydrogen) atoms. The maximum atomic E-state index is 12.2. The standard InChI is InChI=1S/C19H18N4O5/c1-27-13-5-6-18(28-2)14(8-13)15-9-16(22-21-15)19(26)23-20-10-11-3-4-12(24)7-17(11)25/h3-10,24-25H,1-2H3,(H,21,22)(H,23,26)/b20-10+. The molecule has 1 aromatic heterocycles. The Bertz CT molecular complexity index is 1030. The monoisotopic (exact) mass is 382 g/mol. The fourth-order valence-electron chi connectivity index (χ4n) is 2.45. The minimum atomic E-state index is -0.518. The highest BCUT2D eigenvalue weighted by Crippen LogP contribution is 2.32. The lowest BCUT2D eigenvalue weighted by Crippen LogP contribution is -2.18. The molecule has 1 heterocycles. The number of carbonyl (C=O) groups excluding carboxylic acids is 1. The van der Waals surface area contributed by atoms with E-state index >= 15 is 0 Å². The van der Waals surface area contributed by atoms with Gasteiger partial charge in [0.05, 0.1) is 26.1 Å². The number of nitrogens with one attached hydrogen (secondary N) is 2. The van der Waals surface area contributed by atoms with E-state index in [1.807, 2.05) is 0 Å². The third kappa shape index (κ3) is 4.04. The van der Waals surface area contributed by atoms with Gasteiger partial charge < -0.3 is 19.7 Å². The Hall–Kier alpha value is -4.01. The number of aromatic amines is 1. The number of amides is 1. The van der Waals surface area contributed by atoms with E-state index in [-0.39, 0.29) is 17.2 Å². The van der Waals surface area contributed by atoms with Crippen molar-refractivity contribution in [2.75, 3.05) is 14.2 Å². The molecule has 0 aliphatic rings. The van der Waals surface area contributed by atoms with Gasteiger partial charge in [-0.3, -0.25) is 9.89 Å². The third-order valence-corrected chi connectivity index (χ3v) is 3.89. The molecule has 0 saturated heterocycles. The number of nitrogens with zero attached hydrogens (tertiary/aromatic N) is 2. The van der Waals surface area contributed by atoms with Crippen LogP contribution in [0, 0.1) is 0 Å². The maximum absolute atomic E-state index is 12.2. The lowest BCUT2D eigenvalue weighted by molar-refractivity contribution is 0.0950. The maximum Gasteiger partial charge on any atom is 0.289 e. The lowest BCUT2D eigenvalue weighted by Gasteiger charge is -2.08. The van der Waals surface area contributed by atoms with Gasteiger partial charge in [-0.05, 0) is 36.4 Å². The minimum Gasteiger partial charge on any atom is -0.508 e. The van der Waals surface area contributed by atoms with Gasteiger partial charge in [-0.2, -0.15) is 10.2 Å². The molecular weight excluding hydrogens is 364 g/mol. The molecule has 9 nitrogen and oxygen atoms in total. The number of rotatable bonds is 6. The second-order valence-electron chi connectivity index (χ2n) is 5.68. The van der Waals surface area contributed by atoms with Crippen LogP contribution in [0.3, 0.4) is 0 Å². The summed E-state index contributed by atoms with van der Waals surface area (Å²) in [6.07, 6.45) is 1.26. The topological polar surface area (TPSA) is 129 Å². The van der Waals surface area contributed by atoms with Crippen LogP contribution < -0.4 is 14.9 Å². The van der Waals surface area contributed by atoms with E-state index in [4.69, 9.17) is 9.47 Å². The summed E-state index contributed by atoms with van der Waals surface area (Å²) >= 11 is 0. The van der Waals surface area contributed by atoms with Crippen molar-refractivity contribution in [3.8, 4) is 34.3 Å². The zero-order valence-corrected chi connectivity index (χ0v) is 15.1. The SMILES string of the molecule is COc1ccc(OC)c(-c2cc(C(=O)N/N=C/c3ccc(O)cc3O)[nH]n2)c1. The van der Waals surface area contributed by atoms with Crippen molar-refractivity contribution in [3.63, 3.8) is 0 Å². The molecule has 0 spiro atoms. The summed E-state index contributed by atoms with van der Waals surface area (Å²) in [5.74, 6) is 0.460.